The molecule has 1 aromatic rings. The van der Waals surface area contributed by atoms with Gasteiger partial charge in [-0.15, -0.1) is 0 Å². The van der Waals surface area contributed by atoms with Gasteiger partial charge in [0.1, 0.15) is 0 Å². The van der Waals surface area contributed by atoms with Crippen molar-refractivity contribution in [2.45, 2.75) is 64.1 Å². The first-order valence-corrected chi connectivity index (χ1v) is 9.09. The summed E-state index contributed by atoms with van der Waals surface area (Å²) in [5, 5.41) is 3.88. The zero-order valence-corrected chi connectivity index (χ0v) is 14.7. The van der Waals surface area contributed by atoms with Crippen LogP contribution in [0.25, 0.3) is 0 Å². The van der Waals surface area contributed by atoms with Crippen LogP contribution in [0.3, 0.4) is 0 Å². The molecule has 0 radical (unpaired) electrons. The minimum atomic E-state index is 0.380. The molecule has 3 rings (SSSR count). The normalized spacial score (nSPS) is 28.5. The van der Waals surface area contributed by atoms with Gasteiger partial charge < -0.3 is 10.1 Å². The fourth-order valence-electron chi connectivity index (χ4n) is 4.34. The van der Waals surface area contributed by atoms with E-state index in [1.165, 1.54) is 42.1 Å². The summed E-state index contributed by atoms with van der Waals surface area (Å²) in [5.74, 6) is 0. The Morgan fingerprint density at radius 2 is 2.05 bits per heavy atom. The van der Waals surface area contributed by atoms with Gasteiger partial charge >= 0.3 is 0 Å². The highest BCUT2D eigenvalue weighted by molar-refractivity contribution is 9.10. The van der Waals surface area contributed by atoms with Gasteiger partial charge in [0, 0.05) is 28.6 Å². The van der Waals surface area contributed by atoms with E-state index >= 15 is 0 Å². The zero-order valence-electron chi connectivity index (χ0n) is 13.1. The topological polar surface area (TPSA) is 21.3 Å². The Morgan fingerprint density at radius 1 is 1.33 bits per heavy atom. The average molecular weight is 352 g/mol. The van der Waals surface area contributed by atoms with Crippen molar-refractivity contribution < 1.29 is 4.74 Å². The Bertz CT molecular complexity index is 484. The van der Waals surface area contributed by atoms with E-state index in [1.807, 2.05) is 0 Å². The lowest BCUT2D eigenvalue weighted by Gasteiger charge is -2.55. The van der Waals surface area contributed by atoms with Gasteiger partial charge in [0.2, 0.25) is 0 Å². The molecule has 0 amide bonds. The fourth-order valence-corrected chi connectivity index (χ4v) is 4.97. The molecule has 0 aromatic heterocycles. The second-order valence-corrected chi connectivity index (χ2v) is 7.44. The van der Waals surface area contributed by atoms with Crippen LogP contribution in [-0.2, 0) is 4.74 Å². The summed E-state index contributed by atoms with van der Waals surface area (Å²) in [4.78, 5) is 0. The summed E-state index contributed by atoms with van der Waals surface area (Å²) in [5.41, 5.74) is 1.76. The summed E-state index contributed by atoms with van der Waals surface area (Å²) in [6, 6.07) is 9.52. The van der Waals surface area contributed by atoms with E-state index in [-0.39, 0.29) is 0 Å². The number of hydrogen-bond donors (Lipinski definition) is 1. The van der Waals surface area contributed by atoms with Crippen molar-refractivity contribution in [1.82, 2.24) is 5.32 Å². The van der Waals surface area contributed by atoms with Crippen molar-refractivity contribution in [2.24, 2.45) is 5.41 Å². The van der Waals surface area contributed by atoms with Gasteiger partial charge in [0.05, 0.1) is 6.10 Å². The van der Waals surface area contributed by atoms with Gasteiger partial charge in [-0.05, 0) is 44.7 Å². The number of benzene rings is 1. The smallest absolute Gasteiger partial charge is 0.0661 e. The maximum Gasteiger partial charge on any atom is 0.0661 e. The second-order valence-electron chi connectivity index (χ2n) is 6.58. The average Bonchev–Trinajstić information content (AvgIpc) is 2.99. The number of rotatable bonds is 5. The predicted octanol–water partition coefficient (Wildman–Crippen LogP) is 4.84. The third kappa shape index (κ3) is 2.80. The van der Waals surface area contributed by atoms with Crippen molar-refractivity contribution in [2.75, 3.05) is 6.61 Å². The number of hydrogen-bond acceptors (Lipinski definition) is 2. The Hall–Kier alpha value is -0.380. The van der Waals surface area contributed by atoms with E-state index < -0.39 is 0 Å². The van der Waals surface area contributed by atoms with Gasteiger partial charge in [-0.3, -0.25) is 0 Å². The summed E-state index contributed by atoms with van der Waals surface area (Å²) in [6.45, 7) is 5.24. The molecule has 0 aliphatic heterocycles. The number of halogens is 1. The van der Waals surface area contributed by atoms with Crippen LogP contribution in [0.5, 0.6) is 0 Å². The summed E-state index contributed by atoms with van der Waals surface area (Å²) < 4.78 is 7.21. The lowest BCUT2D eigenvalue weighted by atomic mass is 9.60. The first-order chi connectivity index (χ1) is 10.2. The molecule has 21 heavy (non-hydrogen) atoms. The molecule has 3 atom stereocenters. The van der Waals surface area contributed by atoms with Crippen LogP contribution in [0.15, 0.2) is 28.7 Å². The van der Waals surface area contributed by atoms with Gasteiger partial charge in [-0.1, -0.05) is 47.0 Å². The molecule has 2 nitrogen and oxygen atoms in total. The molecule has 2 unspecified atom stereocenters. The molecule has 2 aliphatic rings. The SMILES string of the molecule is CCOC1CC(N[C@@H](C)c2ccccc2Br)C12CCCC2. The van der Waals surface area contributed by atoms with E-state index in [1.54, 1.807) is 0 Å². The zero-order chi connectivity index (χ0) is 14.9. The minimum absolute atomic E-state index is 0.380. The van der Waals surface area contributed by atoms with Gasteiger partial charge in [0.15, 0.2) is 0 Å². The monoisotopic (exact) mass is 351 g/mol. The quantitative estimate of drug-likeness (QED) is 0.819. The summed E-state index contributed by atoms with van der Waals surface area (Å²) in [6.07, 6.45) is 7.04. The Morgan fingerprint density at radius 3 is 2.71 bits per heavy atom. The standard InChI is InChI=1S/C18H26BrNO/c1-3-21-17-12-16(18(17)10-6-7-11-18)20-13(2)14-8-4-5-9-15(14)19/h4-5,8-9,13,16-17,20H,3,6-7,10-12H2,1-2H3/t13-,16?,17?/m0/s1. The summed E-state index contributed by atoms with van der Waals surface area (Å²) >= 11 is 3.67. The van der Waals surface area contributed by atoms with E-state index in [0.717, 1.165) is 6.61 Å². The van der Waals surface area contributed by atoms with Crippen LogP contribution in [0.2, 0.25) is 0 Å². The Kier molecular flexibility index (Phi) is 4.72. The third-order valence-corrected chi connectivity index (χ3v) is 6.23. The molecule has 2 saturated carbocycles. The highest BCUT2D eigenvalue weighted by atomic mass is 79.9. The highest BCUT2D eigenvalue weighted by Gasteiger charge is 2.56. The molecular weight excluding hydrogens is 326 g/mol. The molecule has 0 bridgehead atoms. The van der Waals surface area contributed by atoms with Crippen molar-refractivity contribution in [3.8, 4) is 0 Å². The lowest BCUT2D eigenvalue weighted by Crippen LogP contribution is -2.63. The molecule has 116 valence electrons. The molecule has 2 fully saturated rings. The molecule has 1 N–H and O–H groups in total. The molecule has 1 aromatic carbocycles. The number of ether oxygens (including phenoxy) is 1. The molecule has 2 aliphatic carbocycles. The van der Waals surface area contributed by atoms with E-state index in [4.69, 9.17) is 4.74 Å². The molecule has 1 spiro atoms. The fraction of sp³-hybridized carbons (Fsp3) is 0.667. The Labute approximate surface area is 136 Å². The van der Waals surface area contributed by atoms with Gasteiger partial charge in [-0.25, -0.2) is 0 Å². The van der Waals surface area contributed by atoms with Gasteiger partial charge in [-0.2, -0.15) is 0 Å². The van der Waals surface area contributed by atoms with Crippen LogP contribution in [0, 0.1) is 5.41 Å². The van der Waals surface area contributed by atoms with Crippen LogP contribution in [-0.4, -0.2) is 18.8 Å². The predicted molar refractivity (Wildman–Crippen MR) is 90.4 cm³/mol. The van der Waals surface area contributed by atoms with Gasteiger partial charge in [0.25, 0.3) is 0 Å². The van der Waals surface area contributed by atoms with E-state index in [2.05, 4.69) is 59.4 Å². The van der Waals surface area contributed by atoms with Crippen LogP contribution >= 0.6 is 15.9 Å². The van der Waals surface area contributed by atoms with Crippen LogP contribution < -0.4 is 5.32 Å². The lowest BCUT2D eigenvalue weighted by molar-refractivity contribution is -0.132. The van der Waals surface area contributed by atoms with Crippen LogP contribution in [0.4, 0.5) is 0 Å². The van der Waals surface area contributed by atoms with Crippen molar-refractivity contribution in [3.05, 3.63) is 34.3 Å². The van der Waals surface area contributed by atoms with Crippen molar-refractivity contribution in [1.29, 1.82) is 0 Å². The maximum atomic E-state index is 6.01. The molecular formula is C18H26BrNO. The Balaban J connectivity index is 1.69. The van der Waals surface area contributed by atoms with E-state index in [0.29, 0.717) is 23.6 Å². The molecule has 0 saturated heterocycles. The van der Waals surface area contributed by atoms with Crippen LogP contribution in [0.1, 0.15) is 57.6 Å². The molecule has 3 heteroatoms. The highest BCUT2D eigenvalue weighted by Crippen LogP contribution is 2.55. The van der Waals surface area contributed by atoms with Crippen molar-refractivity contribution >= 4 is 15.9 Å². The third-order valence-electron chi connectivity index (χ3n) is 5.51. The van der Waals surface area contributed by atoms with Crippen molar-refractivity contribution in [3.63, 3.8) is 0 Å². The first-order valence-electron chi connectivity index (χ1n) is 8.29. The maximum absolute atomic E-state index is 6.01. The van der Waals surface area contributed by atoms with E-state index in [9.17, 15) is 0 Å². The minimum Gasteiger partial charge on any atom is -0.378 e. The molecule has 0 heterocycles. The largest absolute Gasteiger partial charge is 0.378 e. The number of nitrogens with one attached hydrogen (secondary N) is 1. The summed E-state index contributed by atoms with van der Waals surface area (Å²) in [7, 11) is 0. The second kappa shape index (κ2) is 6.39. The first kappa shape index (κ1) is 15.5.